The Morgan fingerprint density at radius 1 is 1.14 bits per heavy atom. The Labute approximate surface area is 142 Å². The van der Waals surface area contributed by atoms with Crippen molar-refractivity contribution in [1.29, 1.82) is 0 Å². The van der Waals surface area contributed by atoms with Crippen LogP contribution in [0.1, 0.15) is 18.1 Å². The molecule has 2 rings (SSSR count). The molecule has 0 amide bonds. The Morgan fingerprint density at radius 2 is 1.86 bits per heavy atom. The van der Waals surface area contributed by atoms with Gasteiger partial charge >= 0.3 is 0 Å². The normalized spacial score (nSPS) is 10.8. The lowest BCUT2D eigenvalue weighted by atomic mass is 10.1. The van der Waals surface area contributed by atoms with Gasteiger partial charge in [0.2, 0.25) is 0 Å². The summed E-state index contributed by atoms with van der Waals surface area (Å²) >= 11 is 0. The van der Waals surface area contributed by atoms with E-state index in [1.54, 1.807) is 18.2 Å². The summed E-state index contributed by atoms with van der Waals surface area (Å²) < 4.78 is 0. The SMILES string of the molecule is CCc1cccc(NC(N)=NCc2cccc(O)c2)c1.I. The number of hydrogen-bond donors (Lipinski definition) is 3. The predicted octanol–water partition coefficient (Wildman–Crippen LogP) is 3.50. The molecule has 0 radical (unpaired) electrons. The van der Waals surface area contributed by atoms with Crippen molar-refractivity contribution >= 4 is 35.6 Å². The fraction of sp³-hybridized carbons (Fsp3) is 0.188. The van der Waals surface area contributed by atoms with Crippen molar-refractivity contribution in [3.8, 4) is 5.75 Å². The minimum Gasteiger partial charge on any atom is -0.508 e. The quantitative estimate of drug-likeness (QED) is 0.420. The van der Waals surface area contributed by atoms with Crippen LogP contribution in [0.4, 0.5) is 5.69 Å². The first-order chi connectivity index (χ1) is 9.67. The number of phenols is 1. The molecule has 0 spiro atoms. The molecule has 0 fully saturated rings. The number of aryl methyl sites for hydroxylation is 1. The zero-order chi connectivity index (χ0) is 14.4. The molecule has 5 heteroatoms. The number of nitrogens with zero attached hydrogens (tertiary/aromatic N) is 1. The number of hydrogen-bond acceptors (Lipinski definition) is 2. The number of guanidine groups is 1. The first kappa shape index (κ1) is 17.3. The van der Waals surface area contributed by atoms with E-state index in [1.807, 2.05) is 18.2 Å². The lowest BCUT2D eigenvalue weighted by Crippen LogP contribution is -2.22. The zero-order valence-electron chi connectivity index (χ0n) is 11.9. The van der Waals surface area contributed by atoms with Gasteiger partial charge in [-0.3, -0.25) is 0 Å². The Hall–Kier alpha value is -1.76. The van der Waals surface area contributed by atoms with Crippen LogP contribution in [-0.2, 0) is 13.0 Å². The third-order valence-electron chi connectivity index (χ3n) is 2.95. The van der Waals surface area contributed by atoms with Crippen molar-refractivity contribution in [2.45, 2.75) is 19.9 Å². The highest BCUT2D eigenvalue weighted by atomic mass is 127. The first-order valence-corrected chi connectivity index (χ1v) is 6.61. The van der Waals surface area contributed by atoms with E-state index < -0.39 is 0 Å². The second kappa shape index (κ2) is 8.51. The van der Waals surface area contributed by atoms with E-state index in [-0.39, 0.29) is 29.7 Å². The van der Waals surface area contributed by atoms with Crippen LogP contribution in [0.2, 0.25) is 0 Å². The fourth-order valence-corrected chi connectivity index (χ4v) is 1.89. The molecule has 0 atom stereocenters. The fourth-order valence-electron chi connectivity index (χ4n) is 1.89. The molecule has 0 heterocycles. The smallest absolute Gasteiger partial charge is 0.193 e. The van der Waals surface area contributed by atoms with Crippen molar-refractivity contribution in [2.75, 3.05) is 5.32 Å². The second-order valence-corrected chi connectivity index (χ2v) is 4.55. The summed E-state index contributed by atoms with van der Waals surface area (Å²) in [6, 6.07) is 15.1. The number of halogens is 1. The van der Waals surface area contributed by atoms with Crippen LogP contribution in [0.3, 0.4) is 0 Å². The third-order valence-corrected chi connectivity index (χ3v) is 2.95. The van der Waals surface area contributed by atoms with Gasteiger partial charge in [0, 0.05) is 5.69 Å². The molecule has 0 aromatic heterocycles. The molecule has 4 N–H and O–H groups in total. The van der Waals surface area contributed by atoms with Crippen molar-refractivity contribution in [3.05, 3.63) is 59.7 Å². The summed E-state index contributed by atoms with van der Waals surface area (Å²) in [5.41, 5.74) is 8.95. The molecule has 0 aliphatic carbocycles. The number of nitrogens with one attached hydrogen (secondary N) is 1. The summed E-state index contributed by atoms with van der Waals surface area (Å²) in [5, 5.41) is 12.4. The van der Waals surface area contributed by atoms with E-state index in [9.17, 15) is 5.11 Å². The Kier molecular flexibility index (Phi) is 7.01. The van der Waals surface area contributed by atoms with Gasteiger partial charge in [-0.15, -0.1) is 24.0 Å². The Balaban J connectivity index is 0.00000220. The maximum absolute atomic E-state index is 9.38. The molecule has 2 aromatic rings. The van der Waals surface area contributed by atoms with E-state index >= 15 is 0 Å². The van der Waals surface area contributed by atoms with Gasteiger partial charge in [0.1, 0.15) is 5.75 Å². The molecular weight excluding hydrogens is 377 g/mol. The zero-order valence-corrected chi connectivity index (χ0v) is 14.2. The van der Waals surface area contributed by atoms with Gasteiger partial charge in [-0.1, -0.05) is 31.2 Å². The van der Waals surface area contributed by atoms with Crippen LogP contribution in [0, 0.1) is 0 Å². The number of benzene rings is 2. The maximum Gasteiger partial charge on any atom is 0.193 e. The lowest BCUT2D eigenvalue weighted by molar-refractivity contribution is 0.474. The van der Waals surface area contributed by atoms with Crippen molar-refractivity contribution in [2.24, 2.45) is 10.7 Å². The Morgan fingerprint density at radius 3 is 2.57 bits per heavy atom. The van der Waals surface area contributed by atoms with Gasteiger partial charge in [-0.05, 0) is 41.8 Å². The average molecular weight is 397 g/mol. The highest BCUT2D eigenvalue weighted by Gasteiger charge is 1.98. The number of aromatic hydroxyl groups is 1. The maximum atomic E-state index is 9.38. The summed E-state index contributed by atoms with van der Waals surface area (Å²) in [5.74, 6) is 0.599. The predicted molar refractivity (Wildman–Crippen MR) is 98.3 cm³/mol. The van der Waals surface area contributed by atoms with Crippen LogP contribution < -0.4 is 11.1 Å². The highest BCUT2D eigenvalue weighted by molar-refractivity contribution is 14.0. The molecule has 0 aliphatic rings. The molecule has 2 aromatic carbocycles. The average Bonchev–Trinajstić information content (AvgIpc) is 2.45. The summed E-state index contributed by atoms with van der Waals surface area (Å²) in [4.78, 5) is 4.26. The largest absolute Gasteiger partial charge is 0.508 e. The van der Waals surface area contributed by atoms with Crippen LogP contribution in [0.5, 0.6) is 5.75 Å². The molecule has 0 bridgehead atoms. The van der Waals surface area contributed by atoms with Crippen LogP contribution >= 0.6 is 24.0 Å². The van der Waals surface area contributed by atoms with Crippen molar-refractivity contribution in [1.82, 2.24) is 0 Å². The molecule has 0 saturated carbocycles. The first-order valence-electron chi connectivity index (χ1n) is 6.61. The monoisotopic (exact) mass is 397 g/mol. The third kappa shape index (κ3) is 5.63. The van der Waals surface area contributed by atoms with Crippen LogP contribution in [-0.4, -0.2) is 11.1 Å². The van der Waals surface area contributed by atoms with Gasteiger partial charge in [-0.25, -0.2) is 4.99 Å². The standard InChI is InChI=1S/C16H19N3O.HI/c1-2-12-5-3-7-14(9-12)19-16(17)18-11-13-6-4-8-15(20)10-13;/h3-10,20H,2,11H2,1H3,(H3,17,18,19);1H. The molecule has 112 valence electrons. The minimum absolute atomic E-state index is 0. The molecule has 0 saturated heterocycles. The summed E-state index contributed by atoms with van der Waals surface area (Å²) in [7, 11) is 0. The van der Waals surface area contributed by atoms with Crippen molar-refractivity contribution in [3.63, 3.8) is 0 Å². The van der Waals surface area contributed by atoms with Crippen LogP contribution in [0.15, 0.2) is 53.5 Å². The Bertz CT molecular complexity index is 614. The highest BCUT2D eigenvalue weighted by Crippen LogP contribution is 2.12. The topological polar surface area (TPSA) is 70.6 Å². The number of phenolic OH excluding ortho intramolecular Hbond substituents is 1. The minimum atomic E-state index is 0. The molecule has 0 unspecified atom stereocenters. The van der Waals surface area contributed by atoms with Crippen molar-refractivity contribution < 1.29 is 5.11 Å². The van der Waals surface area contributed by atoms with E-state index in [4.69, 9.17) is 5.73 Å². The van der Waals surface area contributed by atoms with E-state index in [2.05, 4.69) is 29.4 Å². The van der Waals surface area contributed by atoms with Gasteiger partial charge in [0.25, 0.3) is 0 Å². The number of nitrogens with two attached hydrogens (primary N) is 1. The van der Waals surface area contributed by atoms with Gasteiger partial charge < -0.3 is 16.2 Å². The summed E-state index contributed by atoms with van der Waals surface area (Å²) in [6.45, 7) is 2.54. The van der Waals surface area contributed by atoms with E-state index in [0.29, 0.717) is 12.5 Å². The van der Waals surface area contributed by atoms with Gasteiger partial charge in [0.05, 0.1) is 6.54 Å². The number of rotatable bonds is 4. The lowest BCUT2D eigenvalue weighted by Gasteiger charge is -2.07. The summed E-state index contributed by atoms with van der Waals surface area (Å²) in [6.07, 6.45) is 0.982. The number of aliphatic imine (C=N–C) groups is 1. The molecule has 21 heavy (non-hydrogen) atoms. The molecule has 0 aliphatic heterocycles. The molecule has 4 nitrogen and oxygen atoms in total. The number of anilines is 1. The van der Waals surface area contributed by atoms with Gasteiger partial charge in [0.15, 0.2) is 5.96 Å². The molecular formula is C16H20IN3O. The van der Waals surface area contributed by atoms with Crippen LogP contribution in [0.25, 0.3) is 0 Å². The van der Waals surface area contributed by atoms with E-state index in [1.165, 1.54) is 5.56 Å². The van der Waals surface area contributed by atoms with Gasteiger partial charge in [-0.2, -0.15) is 0 Å². The second-order valence-electron chi connectivity index (χ2n) is 4.55. The van der Waals surface area contributed by atoms with E-state index in [0.717, 1.165) is 17.7 Å².